The average Bonchev–Trinajstić information content (AvgIpc) is 2.84. The van der Waals surface area contributed by atoms with E-state index in [4.69, 9.17) is 9.15 Å². The number of rotatable bonds is 7. The van der Waals surface area contributed by atoms with Crippen molar-refractivity contribution in [2.75, 3.05) is 6.54 Å². The molecule has 3 nitrogen and oxygen atoms in total. The molecule has 3 heteroatoms. The van der Waals surface area contributed by atoms with Crippen LogP contribution in [0.2, 0.25) is 0 Å². The maximum Gasteiger partial charge on any atom is 0.146 e. The molecule has 20 heavy (non-hydrogen) atoms. The van der Waals surface area contributed by atoms with Crippen LogP contribution in [0.15, 0.2) is 34.7 Å². The SMILES string of the molecule is CCNCc1oc(COc2ccc(CC)cc2)cc1C. The summed E-state index contributed by atoms with van der Waals surface area (Å²) in [4.78, 5) is 0. The zero-order chi connectivity index (χ0) is 14.4. The van der Waals surface area contributed by atoms with Gasteiger partial charge in [-0.1, -0.05) is 26.0 Å². The van der Waals surface area contributed by atoms with Crippen molar-refractivity contribution in [1.82, 2.24) is 5.32 Å². The molecule has 0 amide bonds. The Labute approximate surface area is 121 Å². The fourth-order valence-electron chi connectivity index (χ4n) is 2.05. The van der Waals surface area contributed by atoms with Gasteiger partial charge in [-0.25, -0.2) is 0 Å². The Hall–Kier alpha value is -1.74. The Bertz CT molecular complexity index is 528. The van der Waals surface area contributed by atoms with Crippen LogP contribution in [0.1, 0.15) is 36.5 Å². The van der Waals surface area contributed by atoms with Gasteiger partial charge in [0.25, 0.3) is 0 Å². The first-order chi connectivity index (χ1) is 9.72. The maximum atomic E-state index is 5.80. The molecule has 0 saturated carbocycles. The zero-order valence-corrected chi connectivity index (χ0v) is 12.5. The van der Waals surface area contributed by atoms with Crippen molar-refractivity contribution in [3.63, 3.8) is 0 Å². The van der Waals surface area contributed by atoms with Crippen LogP contribution >= 0.6 is 0 Å². The van der Waals surface area contributed by atoms with Gasteiger partial charge in [0.2, 0.25) is 0 Å². The Morgan fingerprint density at radius 2 is 1.90 bits per heavy atom. The molecule has 0 radical (unpaired) electrons. The first-order valence-corrected chi connectivity index (χ1v) is 7.23. The van der Waals surface area contributed by atoms with Crippen LogP contribution in [0, 0.1) is 6.92 Å². The number of hydrogen-bond acceptors (Lipinski definition) is 3. The fraction of sp³-hybridized carbons (Fsp3) is 0.412. The molecule has 1 N–H and O–H groups in total. The molecular formula is C17H23NO2. The highest BCUT2D eigenvalue weighted by atomic mass is 16.5. The number of aryl methyl sites for hydroxylation is 2. The van der Waals surface area contributed by atoms with Crippen molar-refractivity contribution < 1.29 is 9.15 Å². The van der Waals surface area contributed by atoms with Crippen molar-refractivity contribution in [2.45, 2.75) is 40.3 Å². The number of furan rings is 1. The lowest BCUT2D eigenvalue weighted by Gasteiger charge is -2.05. The number of ether oxygens (including phenoxy) is 1. The molecule has 2 aromatic rings. The Balaban J connectivity index is 1.92. The van der Waals surface area contributed by atoms with Crippen LogP contribution in [0.4, 0.5) is 0 Å². The summed E-state index contributed by atoms with van der Waals surface area (Å²) in [7, 11) is 0. The second kappa shape index (κ2) is 7.15. The maximum absolute atomic E-state index is 5.80. The van der Waals surface area contributed by atoms with Crippen LogP contribution in [0.5, 0.6) is 5.75 Å². The first kappa shape index (κ1) is 14.7. The van der Waals surface area contributed by atoms with Crippen molar-refractivity contribution in [1.29, 1.82) is 0 Å². The van der Waals surface area contributed by atoms with Crippen molar-refractivity contribution >= 4 is 0 Å². The second-order valence-electron chi connectivity index (χ2n) is 4.89. The van der Waals surface area contributed by atoms with E-state index < -0.39 is 0 Å². The number of hydrogen-bond donors (Lipinski definition) is 1. The quantitative estimate of drug-likeness (QED) is 0.832. The van der Waals surface area contributed by atoms with Crippen LogP contribution < -0.4 is 10.1 Å². The molecule has 0 fully saturated rings. The molecule has 0 spiro atoms. The van der Waals surface area contributed by atoms with E-state index >= 15 is 0 Å². The summed E-state index contributed by atoms with van der Waals surface area (Å²) in [5.41, 5.74) is 2.49. The molecular weight excluding hydrogens is 250 g/mol. The van der Waals surface area contributed by atoms with Crippen molar-refractivity contribution in [3.05, 3.63) is 53.0 Å². The smallest absolute Gasteiger partial charge is 0.146 e. The molecule has 0 aliphatic heterocycles. The topological polar surface area (TPSA) is 34.4 Å². The predicted molar refractivity (Wildman–Crippen MR) is 81.0 cm³/mol. The van der Waals surface area contributed by atoms with Gasteiger partial charge in [-0.2, -0.15) is 0 Å². The van der Waals surface area contributed by atoms with Gasteiger partial charge in [-0.05, 0) is 49.2 Å². The van der Waals surface area contributed by atoms with Gasteiger partial charge >= 0.3 is 0 Å². The lowest BCUT2D eigenvalue weighted by molar-refractivity contribution is 0.265. The lowest BCUT2D eigenvalue weighted by Crippen LogP contribution is -2.11. The number of benzene rings is 1. The van der Waals surface area contributed by atoms with E-state index in [1.165, 1.54) is 11.1 Å². The summed E-state index contributed by atoms with van der Waals surface area (Å²) in [5, 5.41) is 3.27. The standard InChI is InChI=1S/C17H23NO2/c1-4-14-6-8-15(9-7-14)19-12-16-10-13(3)17(20-16)11-18-5-2/h6-10,18H,4-5,11-12H2,1-3H3. The van der Waals surface area contributed by atoms with E-state index in [2.05, 4.69) is 38.2 Å². The summed E-state index contributed by atoms with van der Waals surface area (Å²) in [5.74, 6) is 2.74. The monoisotopic (exact) mass is 273 g/mol. The van der Waals surface area contributed by atoms with E-state index in [1.807, 2.05) is 18.2 Å². The van der Waals surface area contributed by atoms with Crippen molar-refractivity contribution in [3.8, 4) is 5.75 Å². The summed E-state index contributed by atoms with van der Waals surface area (Å²) < 4.78 is 11.5. The molecule has 0 bridgehead atoms. The van der Waals surface area contributed by atoms with Gasteiger partial charge in [0.15, 0.2) is 0 Å². The normalized spacial score (nSPS) is 10.8. The zero-order valence-electron chi connectivity index (χ0n) is 12.5. The molecule has 1 aromatic carbocycles. The van der Waals surface area contributed by atoms with Gasteiger partial charge < -0.3 is 14.5 Å². The predicted octanol–water partition coefficient (Wildman–Crippen LogP) is 3.84. The number of nitrogens with one attached hydrogen (secondary N) is 1. The molecule has 0 aliphatic rings. The molecule has 1 aromatic heterocycles. The van der Waals surface area contributed by atoms with Gasteiger partial charge in [0.05, 0.1) is 6.54 Å². The molecule has 1 heterocycles. The summed E-state index contributed by atoms with van der Waals surface area (Å²) in [6.45, 7) is 8.48. The largest absolute Gasteiger partial charge is 0.486 e. The second-order valence-corrected chi connectivity index (χ2v) is 4.89. The van der Waals surface area contributed by atoms with Gasteiger partial charge in [-0.3, -0.25) is 0 Å². The minimum atomic E-state index is 0.471. The van der Waals surface area contributed by atoms with Crippen LogP contribution in [0.3, 0.4) is 0 Å². The highest BCUT2D eigenvalue weighted by Crippen LogP contribution is 2.18. The summed E-state index contributed by atoms with van der Waals surface area (Å²) in [6.07, 6.45) is 1.05. The molecule has 0 saturated heterocycles. The van der Waals surface area contributed by atoms with E-state index in [0.717, 1.165) is 36.8 Å². The third kappa shape index (κ3) is 3.87. The molecule has 108 valence electrons. The van der Waals surface area contributed by atoms with Crippen LogP contribution in [-0.2, 0) is 19.6 Å². The van der Waals surface area contributed by atoms with E-state index in [0.29, 0.717) is 6.61 Å². The minimum absolute atomic E-state index is 0.471. The van der Waals surface area contributed by atoms with Crippen LogP contribution in [-0.4, -0.2) is 6.54 Å². The molecule has 0 atom stereocenters. The third-order valence-corrected chi connectivity index (χ3v) is 3.32. The van der Waals surface area contributed by atoms with E-state index in [9.17, 15) is 0 Å². The third-order valence-electron chi connectivity index (χ3n) is 3.32. The lowest BCUT2D eigenvalue weighted by atomic mass is 10.2. The Morgan fingerprint density at radius 3 is 2.55 bits per heavy atom. The minimum Gasteiger partial charge on any atom is -0.486 e. The Morgan fingerprint density at radius 1 is 1.15 bits per heavy atom. The van der Waals surface area contributed by atoms with Crippen molar-refractivity contribution in [2.24, 2.45) is 0 Å². The Kier molecular flexibility index (Phi) is 5.24. The summed E-state index contributed by atoms with van der Waals surface area (Å²) in [6, 6.07) is 10.3. The summed E-state index contributed by atoms with van der Waals surface area (Å²) >= 11 is 0. The van der Waals surface area contributed by atoms with Gasteiger partial charge in [-0.15, -0.1) is 0 Å². The first-order valence-electron chi connectivity index (χ1n) is 7.23. The van der Waals surface area contributed by atoms with E-state index in [-0.39, 0.29) is 0 Å². The highest BCUT2D eigenvalue weighted by molar-refractivity contribution is 5.27. The average molecular weight is 273 g/mol. The molecule has 0 aliphatic carbocycles. The van der Waals surface area contributed by atoms with Gasteiger partial charge in [0.1, 0.15) is 23.9 Å². The highest BCUT2D eigenvalue weighted by Gasteiger charge is 2.07. The van der Waals surface area contributed by atoms with E-state index in [1.54, 1.807) is 0 Å². The van der Waals surface area contributed by atoms with Gasteiger partial charge in [0, 0.05) is 0 Å². The molecule has 2 rings (SSSR count). The molecule has 0 unspecified atom stereocenters. The van der Waals surface area contributed by atoms with Crippen LogP contribution in [0.25, 0.3) is 0 Å². The fourth-order valence-corrected chi connectivity index (χ4v) is 2.05.